The fraction of sp³-hybridized carbons (Fsp3) is 1.00. The third-order valence-corrected chi connectivity index (χ3v) is 5.98. The number of nitrogens with two attached hydrogens (primary N) is 1. The van der Waals surface area contributed by atoms with E-state index in [-0.39, 0.29) is 6.04 Å². The highest BCUT2D eigenvalue weighted by molar-refractivity contribution is 7.88. The molecule has 0 aromatic heterocycles. The van der Waals surface area contributed by atoms with Gasteiger partial charge in [-0.2, -0.15) is 0 Å². The highest BCUT2D eigenvalue weighted by Crippen LogP contribution is 2.24. The molecule has 0 aromatic rings. The number of hydrogen-bond donors (Lipinski definition) is 1. The second kappa shape index (κ2) is 6.73. The smallest absolute Gasteiger partial charge is 0.211 e. The number of piperidine rings is 2. The Morgan fingerprint density at radius 2 is 1.95 bits per heavy atom. The summed E-state index contributed by atoms with van der Waals surface area (Å²) in [5.74, 6) is 0.456. The van der Waals surface area contributed by atoms with Crippen LogP contribution in [-0.4, -0.2) is 62.1 Å². The van der Waals surface area contributed by atoms with Gasteiger partial charge in [-0.1, -0.05) is 6.42 Å². The summed E-state index contributed by atoms with van der Waals surface area (Å²) in [5, 5.41) is 0. The molecule has 2 heterocycles. The van der Waals surface area contributed by atoms with Crippen molar-refractivity contribution in [2.75, 3.05) is 32.4 Å². The molecule has 0 aliphatic carbocycles. The summed E-state index contributed by atoms with van der Waals surface area (Å²) in [4.78, 5) is 2.50. The zero-order valence-electron chi connectivity index (χ0n) is 12.8. The normalized spacial score (nSPS) is 32.1. The van der Waals surface area contributed by atoms with Crippen LogP contribution in [0.4, 0.5) is 0 Å². The first kappa shape index (κ1) is 16.2. The highest BCUT2D eigenvalue weighted by atomic mass is 32.2. The van der Waals surface area contributed by atoms with Crippen molar-refractivity contribution >= 4 is 10.0 Å². The Labute approximate surface area is 123 Å². The van der Waals surface area contributed by atoms with Crippen LogP contribution in [0.3, 0.4) is 0 Å². The molecule has 0 amide bonds. The Balaban J connectivity index is 1.94. The third kappa shape index (κ3) is 4.16. The predicted molar refractivity (Wildman–Crippen MR) is 82.0 cm³/mol. The third-order valence-electron chi connectivity index (χ3n) is 4.71. The van der Waals surface area contributed by atoms with Crippen molar-refractivity contribution < 1.29 is 8.42 Å². The number of rotatable bonds is 4. The molecule has 2 saturated heterocycles. The zero-order chi connectivity index (χ0) is 14.8. The minimum Gasteiger partial charge on any atom is -0.327 e. The standard InChI is InChI=1S/C14H29N3O2S/c1-12(15)14-7-3-4-8-16(14)10-13-6-5-9-17(11-13)20(2,18)19/h12-14H,3-11,15H2,1-2H3. The molecule has 3 unspecified atom stereocenters. The van der Waals surface area contributed by atoms with Gasteiger partial charge < -0.3 is 5.73 Å². The van der Waals surface area contributed by atoms with Crippen molar-refractivity contribution in [3.05, 3.63) is 0 Å². The van der Waals surface area contributed by atoms with Crippen LogP contribution in [0, 0.1) is 5.92 Å². The van der Waals surface area contributed by atoms with Crippen molar-refractivity contribution in [2.45, 2.75) is 51.1 Å². The predicted octanol–water partition coefficient (Wildman–Crippen LogP) is 0.860. The van der Waals surface area contributed by atoms with E-state index in [0.29, 0.717) is 25.0 Å². The fourth-order valence-electron chi connectivity index (χ4n) is 3.65. The van der Waals surface area contributed by atoms with Crippen LogP contribution >= 0.6 is 0 Å². The molecule has 2 aliphatic rings. The Kier molecular flexibility index (Phi) is 5.45. The topological polar surface area (TPSA) is 66.6 Å². The van der Waals surface area contributed by atoms with E-state index in [4.69, 9.17) is 5.73 Å². The van der Waals surface area contributed by atoms with Crippen LogP contribution in [0.15, 0.2) is 0 Å². The molecule has 5 nitrogen and oxygen atoms in total. The van der Waals surface area contributed by atoms with Gasteiger partial charge in [0.1, 0.15) is 0 Å². The highest BCUT2D eigenvalue weighted by Gasteiger charge is 2.31. The molecule has 0 radical (unpaired) electrons. The van der Waals surface area contributed by atoms with Crippen molar-refractivity contribution in [2.24, 2.45) is 11.7 Å². The van der Waals surface area contributed by atoms with Gasteiger partial charge in [0, 0.05) is 31.7 Å². The molecule has 118 valence electrons. The molecule has 20 heavy (non-hydrogen) atoms. The molecule has 0 bridgehead atoms. The molecule has 2 N–H and O–H groups in total. The maximum Gasteiger partial charge on any atom is 0.211 e. The fourth-order valence-corrected chi connectivity index (χ4v) is 4.59. The average Bonchev–Trinajstić information content (AvgIpc) is 2.38. The summed E-state index contributed by atoms with van der Waals surface area (Å²) in [6, 6.07) is 0.669. The van der Waals surface area contributed by atoms with Crippen LogP contribution in [0.25, 0.3) is 0 Å². The molecule has 6 heteroatoms. The van der Waals surface area contributed by atoms with Gasteiger partial charge in [-0.25, -0.2) is 12.7 Å². The zero-order valence-corrected chi connectivity index (χ0v) is 13.6. The van der Waals surface area contributed by atoms with E-state index in [1.807, 2.05) is 0 Å². The van der Waals surface area contributed by atoms with Gasteiger partial charge in [-0.3, -0.25) is 4.90 Å². The number of nitrogens with zero attached hydrogens (tertiary/aromatic N) is 2. The van der Waals surface area contributed by atoms with Crippen molar-refractivity contribution in [3.63, 3.8) is 0 Å². The Morgan fingerprint density at radius 1 is 1.20 bits per heavy atom. The molecule has 0 saturated carbocycles. The van der Waals surface area contributed by atoms with Gasteiger partial charge in [0.05, 0.1) is 6.26 Å². The summed E-state index contributed by atoms with van der Waals surface area (Å²) in [7, 11) is -3.04. The Hall–Kier alpha value is -0.170. The van der Waals surface area contributed by atoms with E-state index in [9.17, 15) is 8.42 Å². The second-order valence-corrected chi connectivity index (χ2v) is 8.53. The summed E-state index contributed by atoms with van der Waals surface area (Å²) in [5.41, 5.74) is 6.11. The summed E-state index contributed by atoms with van der Waals surface area (Å²) >= 11 is 0. The lowest BCUT2D eigenvalue weighted by Gasteiger charge is -2.41. The molecule has 2 rings (SSSR count). The van der Waals surface area contributed by atoms with Gasteiger partial charge in [0.2, 0.25) is 10.0 Å². The lowest BCUT2D eigenvalue weighted by Crippen LogP contribution is -2.52. The largest absolute Gasteiger partial charge is 0.327 e. The number of likely N-dealkylation sites (tertiary alicyclic amines) is 1. The van der Waals surface area contributed by atoms with Crippen LogP contribution in [-0.2, 0) is 10.0 Å². The molecule has 2 fully saturated rings. The van der Waals surface area contributed by atoms with Crippen molar-refractivity contribution in [1.82, 2.24) is 9.21 Å². The van der Waals surface area contributed by atoms with Gasteiger partial charge in [0.15, 0.2) is 0 Å². The van der Waals surface area contributed by atoms with E-state index >= 15 is 0 Å². The minimum atomic E-state index is -3.04. The monoisotopic (exact) mass is 303 g/mol. The SMILES string of the molecule is CC(N)C1CCCCN1CC1CCCN(S(C)(=O)=O)C1. The van der Waals surface area contributed by atoms with Crippen molar-refractivity contribution in [1.29, 1.82) is 0 Å². The molecular formula is C14H29N3O2S. The van der Waals surface area contributed by atoms with Gasteiger partial charge in [-0.05, 0) is 45.1 Å². The molecule has 0 spiro atoms. The Bertz CT molecular complexity index is 411. The van der Waals surface area contributed by atoms with E-state index in [0.717, 1.165) is 25.9 Å². The van der Waals surface area contributed by atoms with E-state index in [1.54, 1.807) is 4.31 Å². The second-order valence-electron chi connectivity index (χ2n) is 6.55. The van der Waals surface area contributed by atoms with E-state index in [2.05, 4.69) is 11.8 Å². The molecule has 2 aliphatic heterocycles. The van der Waals surface area contributed by atoms with Gasteiger partial charge in [0.25, 0.3) is 0 Å². The van der Waals surface area contributed by atoms with Crippen molar-refractivity contribution in [3.8, 4) is 0 Å². The van der Waals surface area contributed by atoms with Crippen LogP contribution < -0.4 is 5.73 Å². The average molecular weight is 303 g/mol. The summed E-state index contributed by atoms with van der Waals surface area (Å²) < 4.78 is 25.0. The maximum absolute atomic E-state index is 11.7. The summed E-state index contributed by atoms with van der Waals surface area (Å²) in [6.45, 7) is 5.57. The van der Waals surface area contributed by atoms with Crippen LogP contribution in [0.1, 0.15) is 39.0 Å². The first-order valence-corrected chi connectivity index (χ1v) is 9.67. The lowest BCUT2D eigenvalue weighted by molar-refractivity contribution is 0.0939. The van der Waals surface area contributed by atoms with Gasteiger partial charge >= 0.3 is 0 Å². The summed E-state index contributed by atoms with van der Waals surface area (Å²) in [6.07, 6.45) is 7.12. The molecule has 3 atom stereocenters. The molecule has 0 aromatic carbocycles. The maximum atomic E-state index is 11.7. The minimum absolute atomic E-state index is 0.199. The van der Waals surface area contributed by atoms with Crippen LogP contribution in [0.5, 0.6) is 0 Å². The first-order chi connectivity index (χ1) is 9.38. The first-order valence-electron chi connectivity index (χ1n) is 7.82. The lowest BCUT2D eigenvalue weighted by atomic mass is 9.93. The molecular weight excluding hydrogens is 274 g/mol. The van der Waals surface area contributed by atoms with Gasteiger partial charge in [-0.15, -0.1) is 0 Å². The Morgan fingerprint density at radius 3 is 2.60 bits per heavy atom. The quantitative estimate of drug-likeness (QED) is 0.836. The van der Waals surface area contributed by atoms with E-state index < -0.39 is 10.0 Å². The number of hydrogen-bond acceptors (Lipinski definition) is 4. The number of sulfonamides is 1. The van der Waals surface area contributed by atoms with E-state index in [1.165, 1.54) is 25.5 Å². The van der Waals surface area contributed by atoms with Crippen LogP contribution in [0.2, 0.25) is 0 Å².